The summed E-state index contributed by atoms with van der Waals surface area (Å²) in [7, 11) is 1.69. The average Bonchev–Trinajstić information content (AvgIpc) is 2.81. The van der Waals surface area contributed by atoms with Crippen LogP contribution in [0.1, 0.15) is 37.7 Å². The Morgan fingerprint density at radius 2 is 1.82 bits per heavy atom. The Hall–Kier alpha value is -3.68. The first kappa shape index (κ1) is 26.6. The molecule has 1 atom stereocenters. The van der Waals surface area contributed by atoms with Gasteiger partial charge in [-0.2, -0.15) is 18.4 Å². The maximum atomic E-state index is 12.4. The largest absolute Gasteiger partial charge is 0.490 e. The van der Waals surface area contributed by atoms with Crippen molar-refractivity contribution in [3.8, 4) is 17.3 Å². The van der Waals surface area contributed by atoms with Crippen molar-refractivity contribution in [1.29, 1.82) is 5.26 Å². The van der Waals surface area contributed by atoms with Crippen LogP contribution in [0.3, 0.4) is 0 Å². The lowest BCUT2D eigenvalue weighted by atomic mass is 9.88. The number of halogens is 3. The molecular formula is C23H25F3N4O4. The van der Waals surface area contributed by atoms with Gasteiger partial charge in [-0.1, -0.05) is 43.5 Å². The van der Waals surface area contributed by atoms with E-state index in [1.54, 1.807) is 13.2 Å². The van der Waals surface area contributed by atoms with Gasteiger partial charge in [0.25, 0.3) is 5.56 Å². The number of carboxylic acid groups (broad SMARTS) is 1. The third-order valence-electron chi connectivity index (χ3n) is 5.36. The summed E-state index contributed by atoms with van der Waals surface area (Å²) in [6.07, 6.45) is 3.61. The van der Waals surface area contributed by atoms with E-state index < -0.39 is 18.2 Å². The third kappa shape index (κ3) is 8.03. The molecule has 1 aromatic heterocycles. The van der Waals surface area contributed by atoms with Gasteiger partial charge in [0.15, 0.2) is 0 Å². The van der Waals surface area contributed by atoms with Gasteiger partial charge in [-0.3, -0.25) is 9.59 Å². The molecule has 1 unspecified atom stereocenters. The lowest BCUT2D eigenvalue weighted by molar-refractivity contribution is -0.192. The van der Waals surface area contributed by atoms with Crippen molar-refractivity contribution in [2.45, 2.75) is 50.7 Å². The van der Waals surface area contributed by atoms with Gasteiger partial charge in [-0.05, 0) is 18.4 Å². The van der Waals surface area contributed by atoms with E-state index in [0.29, 0.717) is 12.1 Å². The number of nitriles is 1. The zero-order valence-corrected chi connectivity index (χ0v) is 18.5. The molecule has 1 aliphatic carbocycles. The van der Waals surface area contributed by atoms with Crippen molar-refractivity contribution in [2.75, 3.05) is 0 Å². The molecule has 0 bridgehead atoms. The Morgan fingerprint density at radius 3 is 2.32 bits per heavy atom. The number of nitrogens with zero attached hydrogens (tertiary/aromatic N) is 3. The summed E-state index contributed by atoms with van der Waals surface area (Å²) < 4.78 is 33.2. The van der Waals surface area contributed by atoms with E-state index in [2.05, 4.69) is 16.4 Å². The van der Waals surface area contributed by atoms with Crippen LogP contribution < -0.4 is 10.9 Å². The minimum Gasteiger partial charge on any atom is -0.475 e. The lowest BCUT2D eigenvalue weighted by Crippen LogP contribution is -2.40. The predicted molar refractivity (Wildman–Crippen MR) is 116 cm³/mol. The minimum absolute atomic E-state index is 0.00673. The second-order valence-electron chi connectivity index (χ2n) is 7.95. The van der Waals surface area contributed by atoms with Crippen molar-refractivity contribution in [3.05, 3.63) is 52.6 Å². The fourth-order valence-corrected chi connectivity index (χ4v) is 3.48. The van der Waals surface area contributed by atoms with Crippen molar-refractivity contribution < 1.29 is 27.9 Å². The fourth-order valence-electron chi connectivity index (χ4n) is 3.48. The van der Waals surface area contributed by atoms with Gasteiger partial charge >= 0.3 is 12.1 Å². The van der Waals surface area contributed by atoms with Crippen LogP contribution in [0.5, 0.6) is 0 Å². The van der Waals surface area contributed by atoms with E-state index in [9.17, 15) is 28.0 Å². The molecule has 3 rings (SSSR count). The maximum Gasteiger partial charge on any atom is 0.490 e. The van der Waals surface area contributed by atoms with Crippen LogP contribution in [-0.2, 0) is 23.1 Å². The summed E-state index contributed by atoms with van der Waals surface area (Å²) >= 11 is 0. The Morgan fingerprint density at radius 1 is 1.24 bits per heavy atom. The van der Waals surface area contributed by atoms with E-state index >= 15 is 0 Å². The Kier molecular flexibility index (Phi) is 9.36. The van der Waals surface area contributed by atoms with E-state index in [0.717, 1.165) is 36.8 Å². The van der Waals surface area contributed by atoms with Crippen LogP contribution >= 0.6 is 0 Å². The van der Waals surface area contributed by atoms with Crippen LogP contribution in [-0.4, -0.2) is 38.8 Å². The summed E-state index contributed by atoms with van der Waals surface area (Å²) in [4.78, 5) is 36.9. The van der Waals surface area contributed by atoms with Gasteiger partial charge in [0.2, 0.25) is 5.91 Å². The first-order valence-corrected chi connectivity index (χ1v) is 10.6. The molecule has 0 spiro atoms. The number of hydrogen-bond acceptors (Lipinski definition) is 5. The fraction of sp³-hybridized carbons (Fsp3) is 0.435. The quantitative estimate of drug-likeness (QED) is 0.680. The highest BCUT2D eigenvalue weighted by molar-refractivity contribution is 5.79. The molecule has 1 saturated carbocycles. The Bertz CT molecular complexity index is 1090. The van der Waals surface area contributed by atoms with Crippen molar-refractivity contribution in [2.24, 2.45) is 13.0 Å². The predicted octanol–water partition coefficient (Wildman–Crippen LogP) is 3.21. The molecule has 2 N–H and O–H groups in total. The van der Waals surface area contributed by atoms with Crippen LogP contribution in [0.2, 0.25) is 0 Å². The zero-order valence-electron chi connectivity index (χ0n) is 18.5. The van der Waals surface area contributed by atoms with Crippen LogP contribution in [0.4, 0.5) is 13.2 Å². The molecule has 1 aliphatic rings. The maximum absolute atomic E-state index is 12.4. The summed E-state index contributed by atoms with van der Waals surface area (Å²) in [6.45, 7) is 0. The number of rotatable bonds is 5. The average molecular weight is 478 g/mol. The molecule has 1 heterocycles. The van der Waals surface area contributed by atoms with E-state index in [4.69, 9.17) is 9.90 Å². The standard InChI is InChI=1S/C21H24N4O2.C2HF3O2/c1-25-14-19(23-13-20(25)26)16-9-7-15(8-10-16)11-18(12-22)24-21(27)17-5-3-2-4-6-17;3-2(4,5)1(6)7/h7-10,13-14,17-18H,2-6,11H2,1H3,(H,24,27);(H,6,7). The smallest absolute Gasteiger partial charge is 0.475 e. The van der Waals surface area contributed by atoms with Gasteiger partial charge in [-0.15, -0.1) is 0 Å². The second-order valence-corrected chi connectivity index (χ2v) is 7.95. The molecule has 1 amide bonds. The van der Waals surface area contributed by atoms with Crippen molar-refractivity contribution in [3.63, 3.8) is 0 Å². The number of nitrogens with one attached hydrogen (secondary N) is 1. The molecule has 182 valence electrons. The van der Waals surface area contributed by atoms with Crippen molar-refractivity contribution >= 4 is 11.9 Å². The minimum atomic E-state index is -5.08. The molecule has 11 heteroatoms. The monoisotopic (exact) mass is 478 g/mol. The zero-order chi connectivity index (χ0) is 25.3. The van der Waals surface area contributed by atoms with Crippen molar-refractivity contribution in [1.82, 2.24) is 14.9 Å². The van der Waals surface area contributed by atoms with Crippen LogP contribution in [0.25, 0.3) is 11.3 Å². The van der Waals surface area contributed by atoms with E-state index in [-0.39, 0.29) is 17.4 Å². The number of hydrogen-bond donors (Lipinski definition) is 2. The number of carboxylic acids is 1. The number of carbonyl (C=O) groups is 2. The van der Waals surface area contributed by atoms with Gasteiger partial charge in [0, 0.05) is 31.1 Å². The highest BCUT2D eigenvalue weighted by Crippen LogP contribution is 2.24. The SMILES string of the molecule is Cn1cc(-c2ccc(CC(C#N)NC(=O)C3CCCCC3)cc2)ncc1=O.O=C(O)C(F)(F)F. The lowest BCUT2D eigenvalue weighted by Gasteiger charge is -2.22. The van der Waals surface area contributed by atoms with Crippen LogP contribution in [0.15, 0.2) is 41.5 Å². The summed E-state index contributed by atoms with van der Waals surface area (Å²) in [6, 6.07) is 9.36. The first-order chi connectivity index (χ1) is 16.0. The molecule has 1 fully saturated rings. The molecule has 0 radical (unpaired) electrons. The second kappa shape index (κ2) is 12.0. The Balaban J connectivity index is 0.000000509. The highest BCUT2D eigenvalue weighted by Gasteiger charge is 2.38. The number of carbonyl (C=O) groups excluding carboxylic acids is 1. The third-order valence-corrected chi connectivity index (χ3v) is 5.36. The number of benzene rings is 1. The summed E-state index contributed by atoms with van der Waals surface area (Å²) in [5.74, 6) is -2.70. The molecule has 2 aromatic rings. The topological polar surface area (TPSA) is 125 Å². The Labute approximate surface area is 194 Å². The first-order valence-electron chi connectivity index (χ1n) is 10.6. The molecule has 34 heavy (non-hydrogen) atoms. The highest BCUT2D eigenvalue weighted by atomic mass is 19.4. The van der Waals surface area contributed by atoms with E-state index in [1.165, 1.54) is 17.2 Å². The number of aliphatic carboxylic acids is 1. The molecule has 8 nitrogen and oxygen atoms in total. The number of amides is 1. The molecule has 0 saturated heterocycles. The molecular weight excluding hydrogens is 453 g/mol. The van der Waals surface area contributed by atoms with Gasteiger partial charge in [0.1, 0.15) is 6.04 Å². The van der Waals surface area contributed by atoms with Gasteiger partial charge in [-0.25, -0.2) is 9.78 Å². The number of alkyl halides is 3. The van der Waals surface area contributed by atoms with Crippen LogP contribution in [0, 0.1) is 17.2 Å². The molecule has 0 aliphatic heterocycles. The number of aryl methyl sites for hydroxylation is 1. The molecule has 1 aromatic carbocycles. The van der Waals surface area contributed by atoms with Gasteiger partial charge < -0.3 is 15.0 Å². The van der Waals surface area contributed by atoms with E-state index in [1.807, 2.05) is 24.3 Å². The normalized spacial score (nSPS) is 14.8. The number of aromatic nitrogens is 2. The van der Waals surface area contributed by atoms with Gasteiger partial charge in [0.05, 0.1) is 18.0 Å². The summed E-state index contributed by atoms with van der Waals surface area (Å²) in [5, 5.41) is 19.4. The summed E-state index contributed by atoms with van der Waals surface area (Å²) in [5.41, 5.74) is 2.43.